The highest BCUT2D eigenvalue weighted by Crippen LogP contribution is 2.19. The maximum absolute atomic E-state index is 12.9. The lowest BCUT2D eigenvalue weighted by Gasteiger charge is -2.30. The molecule has 30 heavy (non-hydrogen) atoms. The van der Waals surface area contributed by atoms with E-state index in [9.17, 15) is 9.59 Å². The van der Waals surface area contributed by atoms with Gasteiger partial charge in [0.25, 0.3) is 11.8 Å². The Morgan fingerprint density at radius 1 is 1.17 bits per heavy atom. The van der Waals surface area contributed by atoms with Crippen LogP contribution in [0.3, 0.4) is 0 Å². The molecule has 3 aromatic heterocycles. The largest absolute Gasteiger partial charge is 0.378 e. The molecule has 5 heterocycles. The van der Waals surface area contributed by atoms with E-state index < -0.39 is 5.91 Å². The van der Waals surface area contributed by atoms with Crippen LogP contribution >= 0.6 is 0 Å². The number of anilines is 2. The van der Waals surface area contributed by atoms with Gasteiger partial charge in [-0.1, -0.05) is 0 Å². The number of hydrogen-bond acceptors (Lipinski definition) is 7. The van der Waals surface area contributed by atoms with E-state index in [2.05, 4.69) is 25.4 Å². The average Bonchev–Trinajstić information content (AvgIpc) is 3.30. The minimum Gasteiger partial charge on any atom is -0.378 e. The lowest BCUT2D eigenvalue weighted by atomic mass is 10.1. The predicted octanol–water partition coefficient (Wildman–Crippen LogP) is 0.398. The van der Waals surface area contributed by atoms with Crippen molar-refractivity contribution in [2.24, 2.45) is 7.05 Å². The first-order valence-corrected chi connectivity index (χ1v) is 9.92. The summed E-state index contributed by atoms with van der Waals surface area (Å²) in [5, 5.41) is 11.5. The van der Waals surface area contributed by atoms with Gasteiger partial charge in [0.1, 0.15) is 5.69 Å². The van der Waals surface area contributed by atoms with E-state index >= 15 is 0 Å². The molecule has 3 aromatic rings. The minimum atomic E-state index is -0.392. The zero-order chi connectivity index (χ0) is 20.7. The number of pyridine rings is 1. The number of aryl methyl sites for hydroxylation is 1. The molecule has 0 atom stereocenters. The maximum atomic E-state index is 12.9. The van der Waals surface area contributed by atoms with Gasteiger partial charge in [-0.15, -0.1) is 5.10 Å². The standard InChI is InChI=1S/C19H22N8O3/c1-24-16(14(12-20-24)18(29)25-4-2-5-25)17(28)21-13-3-6-27-15(11-13)22-19(23-27)26-7-9-30-10-8-26/h3,6,11-12H,2,4-5,7-10H2,1H3,(H,21,28). The van der Waals surface area contributed by atoms with Crippen molar-refractivity contribution in [3.63, 3.8) is 0 Å². The van der Waals surface area contributed by atoms with Crippen LogP contribution in [-0.4, -0.2) is 80.5 Å². The summed E-state index contributed by atoms with van der Waals surface area (Å²) in [5.74, 6) is 0.0783. The molecule has 11 nitrogen and oxygen atoms in total. The van der Waals surface area contributed by atoms with Gasteiger partial charge in [0, 0.05) is 51.2 Å². The van der Waals surface area contributed by atoms with Crippen LogP contribution in [0.15, 0.2) is 24.5 Å². The number of fused-ring (bicyclic) bond motifs is 1. The number of likely N-dealkylation sites (tertiary alicyclic amines) is 1. The lowest BCUT2D eigenvalue weighted by Crippen LogP contribution is -2.42. The summed E-state index contributed by atoms with van der Waals surface area (Å²) in [5.41, 5.74) is 1.74. The molecule has 11 heteroatoms. The molecule has 0 aliphatic carbocycles. The Morgan fingerprint density at radius 2 is 1.97 bits per heavy atom. The molecule has 0 saturated carbocycles. The van der Waals surface area contributed by atoms with E-state index in [0.717, 1.165) is 19.5 Å². The van der Waals surface area contributed by atoms with Crippen molar-refractivity contribution >= 4 is 29.1 Å². The summed E-state index contributed by atoms with van der Waals surface area (Å²) >= 11 is 0. The Balaban J connectivity index is 1.37. The molecule has 2 fully saturated rings. The zero-order valence-electron chi connectivity index (χ0n) is 16.6. The van der Waals surface area contributed by atoms with Gasteiger partial charge >= 0.3 is 0 Å². The lowest BCUT2D eigenvalue weighted by molar-refractivity contribution is 0.0648. The van der Waals surface area contributed by atoms with Crippen molar-refractivity contribution in [2.45, 2.75) is 6.42 Å². The van der Waals surface area contributed by atoms with Crippen molar-refractivity contribution in [1.82, 2.24) is 29.3 Å². The number of amides is 2. The SMILES string of the molecule is Cn1ncc(C(=O)N2CCC2)c1C(=O)Nc1ccn2nc(N3CCOCC3)nc2c1. The second kappa shape index (κ2) is 7.41. The molecule has 1 N–H and O–H groups in total. The third-order valence-corrected chi connectivity index (χ3v) is 5.41. The quantitative estimate of drug-likeness (QED) is 0.663. The highest BCUT2D eigenvalue weighted by molar-refractivity contribution is 6.11. The summed E-state index contributed by atoms with van der Waals surface area (Å²) in [6.07, 6.45) is 4.18. The van der Waals surface area contributed by atoms with Crippen molar-refractivity contribution in [3.8, 4) is 0 Å². The number of hydrogen-bond donors (Lipinski definition) is 1. The highest BCUT2D eigenvalue weighted by atomic mass is 16.5. The van der Waals surface area contributed by atoms with Crippen LogP contribution in [0.5, 0.6) is 0 Å². The Hall–Kier alpha value is -3.47. The number of aromatic nitrogens is 5. The summed E-state index contributed by atoms with van der Waals surface area (Å²) in [7, 11) is 1.65. The van der Waals surface area contributed by atoms with Gasteiger partial charge in [-0.05, 0) is 12.5 Å². The van der Waals surface area contributed by atoms with Crippen LogP contribution in [-0.2, 0) is 11.8 Å². The van der Waals surface area contributed by atoms with E-state index in [1.807, 2.05) is 0 Å². The van der Waals surface area contributed by atoms with Gasteiger partial charge in [-0.25, -0.2) is 4.52 Å². The second-order valence-electron chi connectivity index (χ2n) is 7.36. The summed E-state index contributed by atoms with van der Waals surface area (Å²) in [6.45, 7) is 4.22. The monoisotopic (exact) mass is 410 g/mol. The third-order valence-electron chi connectivity index (χ3n) is 5.41. The molecule has 156 valence electrons. The fourth-order valence-corrected chi connectivity index (χ4v) is 3.59. The molecule has 0 unspecified atom stereocenters. The Labute approximate surface area is 172 Å². The van der Waals surface area contributed by atoms with Crippen molar-refractivity contribution < 1.29 is 14.3 Å². The Kier molecular flexibility index (Phi) is 4.58. The number of carbonyl (C=O) groups is 2. The molecule has 0 bridgehead atoms. The molecular weight excluding hydrogens is 388 g/mol. The van der Waals surface area contributed by atoms with Gasteiger partial charge in [-0.3, -0.25) is 14.3 Å². The zero-order valence-corrected chi connectivity index (χ0v) is 16.6. The first-order chi connectivity index (χ1) is 14.6. The topological polar surface area (TPSA) is 110 Å². The molecule has 0 aromatic carbocycles. The van der Waals surface area contributed by atoms with Crippen molar-refractivity contribution in [3.05, 3.63) is 35.8 Å². The van der Waals surface area contributed by atoms with E-state index in [4.69, 9.17) is 4.74 Å². The number of ether oxygens (including phenoxy) is 1. The smallest absolute Gasteiger partial charge is 0.274 e. The van der Waals surface area contributed by atoms with Crippen LogP contribution in [0.1, 0.15) is 27.3 Å². The molecule has 0 radical (unpaired) electrons. The molecule has 2 aliphatic rings. The van der Waals surface area contributed by atoms with E-state index in [1.54, 1.807) is 34.8 Å². The molecule has 5 rings (SSSR count). The van der Waals surface area contributed by atoms with Crippen LogP contribution in [0.25, 0.3) is 5.65 Å². The average molecular weight is 410 g/mol. The summed E-state index contributed by atoms with van der Waals surface area (Å²) in [6, 6.07) is 3.50. The summed E-state index contributed by atoms with van der Waals surface area (Å²) in [4.78, 5) is 33.9. The number of morpholine rings is 1. The molecule has 0 spiro atoms. The van der Waals surface area contributed by atoms with E-state index in [-0.39, 0.29) is 11.6 Å². The maximum Gasteiger partial charge on any atom is 0.274 e. The van der Waals surface area contributed by atoms with Gasteiger partial charge in [0.15, 0.2) is 5.65 Å². The van der Waals surface area contributed by atoms with Crippen LogP contribution in [0.2, 0.25) is 0 Å². The first-order valence-electron chi connectivity index (χ1n) is 9.92. The fourth-order valence-electron chi connectivity index (χ4n) is 3.59. The number of carbonyl (C=O) groups excluding carboxylic acids is 2. The number of nitrogens with one attached hydrogen (secondary N) is 1. The van der Waals surface area contributed by atoms with Gasteiger partial charge in [0.05, 0.1) is 25.0 Å². The van der Waals surface area contributed by atoms with Gasteiger partial charge in [-0.2, -0.15) is 10.1 Å². The molecule has 2 aliphatic heterocycles. The minimum absolute atomic E-state index is 0.164. The number of rotatable bonds is 4. The van der Waals surface area contributed by atoms with E-state index in [0.29, 0.717) is 49.1 Å². The fraction of sp³-hybridized carbons (Fsp3) is 0.421. The van der Waals surface area contributed by atoms with Gasteiger partial charge in [0.2, 0.25) is 5.95 Å². The second-order valence-corrected chi connectivity index (χ2v) is 7.36. The van der Waals surface area contributed by atoms with Crippen LogP contribution < -0.4 is 10.2 Å². The Morgan fingerprint density at radius 3 is 2.70 bits per heavy atom. The normalized spacial score (nSPS) is 16.6. The van der Waals surface area contributed by atoms with E-state index in [1.165, 1.54) is 10.9 Å². The Bertz CT molecular complexity index is 1110. The molecule has 2 saturated heterocycles. The van der Waals surface area contributed by atoms with Gasteiger partial charge < -0.3 is 19.9 Å². The number of nitrogens with zero attached hydrogens (tertiary/aromatic N) is 7. The summed E-state index contributed by atoms with van der Waals surface area (Å²) < 4.78 is 8.46. The van der Waals surface area contributed by atoms with Crippen LogP contribution in [0.4, 0.5) is 11.6 Å². The predicted molar refractivity (Wildman–Crippen MR) is 108 cm³/mol. The molecule has 2 amide bonds. The van der Waals surface area contributed by atoms with Crippen molar-refractivity contribution in [1.29, 1.82) is 0 Å². The van der Waals surface area contributed by atoms with Crippen LogP contribution in [0, 0.1) is 0 Å². The van der Waals surface area contributed by atoms with Crippen molar-refractivity contribution in [2.75, 3.05) is 49.6 Å². The first kappa shape index (κ1) is 18.6. The molecular formula is C19H22N8O3. The highest BCUT2D eigenvalue weighted by Gasteiger charge is 2.28. The third kappa shape index (κ3) is 3.26.